The maximum Gasteiger partial charge on any atom is 0.295 e. The van der Waals surface area contributed by atoms with Gasteiger partial charge in [-0.15, -0.1) is 11.3 Å². The molecule has 1 N–H and O–H groups in total. The molecular weight excluding hydrogens is 390 g/mol. The van der Waals surface area contributed by atoms with E-state index in [0.29, 0.717) is 23.6 Å². The van der Waals surface area contributed by atoms with E-state index in [9.17, 15) is 14.7 Å². The summed E-state index contributed by atoms with van der Waals surface area (Å²) in [5.74, 6) is -0.608. The number of benzene rings is 1. The molecule has 2 heterocycles. The van der Waals surface area contributed by atoms with Crippen molar-refractivity contribution in [1.82, 2.24) is 4.90 Å². The van der Waals surface area contributed by atoms with Crippen LogP contribution in [0.15, 0.2) is 41.3 Å². The molecule has 7 heteroatoms. The highest BCUT2D eigenvalue weighted by Crippen LogP contribution is 2.43. The Balaban J connectivity index is 2.14. The molecule has 1 aromatic carbocycles. The Kier molecular flexibility index (Phi) is 6.59. The van der Waals surface area contributed by atoms with E-state index in [4.69, 9.17) is 9.47 Å². The lowest BCUT2D eigenvalue weighted by Gasteiger charge is -2.24. The highest BCUT2D eigenvalue weighted by atomic mass is 32.1. The van der Waals surface area contributed by atoms with Gasteiger partial charge in [0, 0.05) is 11.4 Å². The van der Waals surface area contributed by atoms with Crippen molar-refractivity contribution in [2.24, 2.45) is 0 Å². The number of rotatable bonds is 8. The standard InChI is InChI=1S/C22H25NO5S/c1-4-5-6-11-23-19(17-8-7-12-29-17)18(21(25)22(23)26)20(24)15-13-14(27-2)9-10-16(15)28-3/h7-10,12-13,19,24H,4-6,11H2,1-3H3/b20-18-. The van der Waals surface area contributed by atoms with E-state index >= 15 is 0 Å². The normalized spacial score (nSPS) is 18.3. The molecule has 0 saturated carbocycles. The molecule has 0 spiro atoms. The third kappa shape index (κ3) is 4.00. The van der Waals surface area contributed by atoms with Gasteiger partial charge in [-0.25, -0.2) is 0 Å². The van der Waals surface area contributed by atoms with E-state index in [0.717, 1.165) is 24.1 Å². The largest absolute Gasteiger partial charge is 0.507 e. The van der Waals surface area contributed by atoms with Gasteiger partial charge < -0.3 is 19.5 Å². The van der Waals surface area contributed by atoms with Gasteiger partial charge in [-0.2, -0.15) is 0 Å². The Labute approximate surface area is 174 Å². The van der Waals surface area contributed by atoms with Crippen LogP contribution in [0, 0.1) is 0 Å². The number of hydrogen-bond donors (Lipinski definition) is 1. The van der Waals surface area contributed by atoms with Gasteiger partial charge >= 0.3 is 0 Å². The van der Waals surface area contributed by atoms with Crippen molar-refractivity contribution < 1.29 is 24.2 Å². The maximum absolute atomic E-state index is 12.9. The number of amides is 1. The van der Waals surface area contributed by atoms with Crippen molar-refractivity contribution in [2.45, 2.75) is 32.2 Å². The van der Waals surface area contributed by atoms with Crippen LogP contribution in [0.5, 0.6) is 11.5 Å². The van der Waals surface area contributed by atoms with Crippen molar-refractivity contribution in [2.75, 3.05) is 20.8 Å². The molecule has 6 nitrogen and oxygen atoms in total. The number of hydrogen-bond acceptors (Lipinski definition) is 6. The van der Waals surface area contributed by atoms with E-state index in [1.807, 2.05) is 17.5 Å². The van der Waals surface area contributed by atoms with E-state index < -0.39 is 17.7 Å². The van der Waals surface area contributed by atoms with Crippen molar-refractivity contribution in [1.29, 1.82) is 0 Å². The fourth-order valence-electron chi connectivity index (χ4n) is 3.53. The summed E-state index contributed by atoms with van der Waals surface area (Å²) in [5.41, 5.74) is 0.403. The smallest absolute Gasteiger partial charge is 0.295 e. The van der Waals surface area contributed by atoms with E-state index in [-0.39, 0.29) is 11.3 Å². The zero-order valence-electron chi connectivity index (χ0n) is 16.8. The first-order valence-electron chi connectivity index (χ1n) is 9.57. The lowest BCUT2D eigenvalue weighted by Crippen LogP contribution is -2.30. The Hall–Kier alpha value is -2.80. The van der Waals surface area contributed by atoms with Gasteiger partial charge in [0.05, 0.1) is 31.4 Å². The molecule has 1 aromatic heterocycles. The Bertz CT molecular complexity index is 919. The molecule has 0 bridgehead atoms. The van der Waals surface area contributed by atoms with Gasteiger partial charge in [-0.1, -0.05) is 25.8 Å². The monoisotopic (exact) mass is 415 g/mol. The van der Waals surface area contributed by atoms with E-state index in [1.54, 1.807) is 23.1 Å². The number of aliphatic hydroxyl groups excluding tert-OH is 1. The minimum Gasteiger partial charge on any atom is -0.507 e. The van der Waals surface area contributed by atoms with Crippen LogP contribution in [-0.4, -0.2) is 42.5 Å². The van der Waals surface area contributed by atoms with Gasteiger partial charge in [-0.3, -0.25) is 9.59 Å². The van der Waals surface area contributed by atoms with Crippen LogP contribution in [0.2, 0.25) is 0 Å². The minimum atomic E-state index is -0.678. The number of carbonyl (C=O) groups excluding carboxylic acids is 2. The predicted molar refractivity (Wildman–Crippen MR) is 112 cm³/mol. The first kappa shape index (κ1) is 20.9. The van der Waals surface area contributed by atoms with Crippen molar-refractivity contribution in [3.8, 4) is 11.5 Å². The number of aliphatic hydroxyl groups is 1. The summed E-state index contributed by atoms with van der Waals surface area (Å²) in [7, 11) is 3.00. The second kappa shape index (κ2) is 9.13. The molecule has 154 valence electrons. The first-order valence-corrected chi connectivity index (χ1v) is 10.5. The fraction of sp³-hybridized carbons (Fsp3) is 0.364. The van der Waals surface area contributed by atoms with Gasteiger partial charge in [0.1, 0.15) is 17.3 Å². The highest BCUT2D eigenvalue weighted by molar-refractivity contribution is 7.10. The zero-order chi connectivity index (χ0) is 21.0. The number of carbonyl (C=O) groups is 2. The molecule has 1 saturated heterocycles. The number of unbranched alkanes of at least 4 members (excludes halogenated alkanes) is 2. The number of ether oxygens (including phenoxy) is 2. The Morgan fingerprint density at radius 1 is 1.17 bits per heavy atom. The van der Waals surface area contributed by atoms with Gasteiger partial charge in [0.2, 0.25) is 0 Å². The third-order valence-corrected chi connectivity index (χ3v) is 5.94. The Morgan fingerprint density at radius 3 is 2.59 bits per heavy atom. The molecule has 1 aliphatic rings. The molecule has 1 fully saturated rings. The maximum atomic E-state index is 12.9. The molecule has 1 atom stereocenters. The van der Waals surface area contributed by atoms with Crippen molar-refractivity contribution >= 4 is 28.8 Å². The SMILES string of the molecule is CCCCCN1C(=O)C(=O)/C(=C(\O)c2cc(OC)ccc2OC)C1c1cccs1. The van der Waals surface area contributed by atoms with Crippen LogP contribution in [0.3, 0.4) is 0 Å². The average molecular weight is 416 g/mol. The summed E-state index contributed by atoms with van der Waals surface area (Å²) >= 11 is 1.45. The van der Waals surface area contributed by atoms with Crippen LogP contribution in [0.25, 0.3) is 5.76 Å². The van der Waals surface area contributed by atoms with Crippen LogP contribution in [0.4, 0.5) is 0 Å². The summed E-state index contributed by atoms with van der Waals surface area (Å²) in [5, 5.41) is 13.0. The predicted octanol–water partition coefficient (Wildman–Crippen LogP) is 4.38. The molecule has 1 unspecified atom stereocenters. The number of likely N-dealkylation sites (tertiary alicyclic amines) is 1. The molecular formula is C22H25NO5S. The lowest BCUT2D eigenvalue weighted by atomic mass is 9.99. The lowest BCUT2D eigenvalue weighted by molar-refractivity contribution is -0.139. The second-order valence-electron chi connectivity index (χ2n) is 6.78. The summed E-state index contributed by atoms with van der Waals surface area (Å²) in [4.78, 5) is 28.2. The molecule has 3 rings (SSSR count). The Morgan fingerprint density at radius 2 is 1.97 bits per heavy atom. The minimum absolute atomic E-state index is 0.0838. The number of ketones is 1. The molecule has 1 aliphatic heterocycles. The highest BCUT2D eigenvalue weighted by Gasteiger charge is 2.46. The topological polar surface area (TPSA) is 76.1 Å². The van der Waals surface area contributed by atoms with Crippen molar-refractivity contribution in [3.05, 3.63) is 51.7 Å². The number of Topliss-reactive ketones (excluding diaryl/α,β-unsaturated/α-hetero) is 1. The summed E-state index contributed by atoms with van der Waals surface area (Å²) in [6, 6.07) is 8.11. The summed E-state index contributed by atoms with van der Waals surface area (Å²) in [6.07, 6.45) is 2.77. The van der Waals surface area contributed by atoms with E-state index in [1.165, 1.54) is 25.6 Å². The third-order valence-electron chi connectivity index (χ3n) is 5.02. The first-order chi connectivity index (χ1) is 14.0. The molecule has 1 amide bonds. The molecule has 0 aliphatic carbocycles. The fourth-order valence-corrected chi connectivity index (χ4v) is 4.38. The zero-order valence-corrected chi connectivity index (χ0v) is 17.6. The van der Waals surface area contributed by atoms with Crippen LogP contribution < -0.4 is 9.47 Å². The average Bonchev–Trinajstić information content (AvgIpc) is 3.35. The van der Waals surface area contributed by atoms with Gasteiger partial charge in [0.15, 0.2) is 0 Å². The number of methoxy groups -OCH3 is 2. The second-order valence-corrected chi connectivity index (χ2v) is 7.76. The van der Waals surface area contributed by atoms with Crippen molar-refractivity contribution in [3.63, 3.8) is 0 Å². The molecule has 29 heavy (non-hydrogen) atoms. The van der Waals surface area contributed by atoms with Gasteiger partial charge in [-0.05, 0) is 36.1 Å². The molecule has 0 radical (unpaired) electrons. The number of nitrogens with zero attached hydrogens (tertiary/aromatic N) is 1. The van der Waals surface area contributed by atoms with Crippen LogP contribution in [-0.2, 0) is 9.59 Å². The summed E-state index contributed by atoms with van der Waals surface area (Å²) < 4.78 is 10.6. The summed E-state index contributed by atoms with van der Waals surface area (Å²) in [6.45, 7) is 2.55. The quantitative estimate of drug-likeness (QED) is 0.300. The van der Waals surface area contributed by atoms with Crippen LogP contribution in [0.1, 0.15) is 42.7 Å². The van der Waals surface area contributed by atoms with E-state index in [2.05, 4.69) is 6.92 Å². The molecule has 2 aromatic rings. The van der Waals surface area contributed by atoms with Gasteiger partial charge in [0.25, 0.3) is 11.7 Å². The number of thiophene rings is 1. The van der Waals surface area contributed by atoms with Crippen LogP contribution >= 0.6 is 11.3 Å².